The molecule has 0 aliphatic heterocycles. The van der Waals surface area contributed by atoms with Crippen LogP contribution in [-0.2, 0) is 11.3 Å². The third-order valence-electron chi connectivity index (χ3n) is 5.36. The van der Waals surface area contributed by atoms with E-state index in [-0.39, 0.29) is 41.0 Å². The zero-order chi connectivity index (χ0) is 26.7. The number of anilines is 1. The van der Waals surface area contributed by atoms with Crippen molar-refractivity contribution in [3.63, 3.8) is 0 Å². The third-order valence-corrected chi connectivity index (χ3v) is 5.81. The first-order chi connectivity index (χ1) is 17.2. The highest BCUT2D eigenvalue weighted by Gasteiger charge is 2.34. The Morgan fingerprint density at radius 3 is 2.39 bits per heavy atom. The molecule has 0 spiro atoms. The molecule has 0 bridgehead atoms. The van der Waals surface area contributed by atoms with Gasteiger partial charge in [-0.15, -0.1) is 0 Å². The van der Waals surface area contributed by atoms with Gasteiger partial charge in [-0.05, 0) is 31.9 Å². The summed E-state index contributed by atoms with van der Waals surface area (Å²) in [7, 11) is 4.71. The van der Waals surface area contributed by atoms with Crippen LogP contribution in [0.15, 0.2) is 24.3 Å². The van der Waals surface area contributed by atoms with Crippen LogP contribution in [0.5, 0.6) is 17.2 Å². The zero-order valence-corrected chi connectivity index (χ0v) is 21.3. The maximum Gasteiger partial charge on any atom is 0.479 e. The van der Waals surface area contributed by atoms with Crippen molar-refractivity contribution in [3.05, 3.63) is 41.1 Å². The van der Waals surface area contributed by atoms with Gasteiger partial charge in [-0.2, -0.15) is 13.2 Å². The highest BCUT2D eigenvalue weighted by atomic mass is 32.2. The van der Waals surface area contributed by atoms with E-state index >= 15 is 0 Å². The molecule has 0 unspecified atom stereocenters. The summed E-state index contributed by atoms with van der Waals surface area (Å²) in [5.74, 6) is 0.892. The highest BCUT2D eigenvalue weighted by molar-refractivity contribution is 7.95. The maximum atomic E-state index is 12.8. The topological polar surface area (TPSA) is 103 Å². The van der Waals surface area contributed by atoms with E-state index in [2.05, 4.69) is 15.0 Å². The molecule has 0 saturated heterocycles. The van der Waals surface area contributed by atoms with E-state index in [1.807, 2.05) is 6.92 Å². The summed E-state index contributed by atoms with van der Waals surface area (Å²) >= 11 is -0.694. The van der Waals surface area contributed by atoms with E-state index in [1.54, 1.807) is 25.3 Å². The summed E-state index contributed by atoms with van der Waals surface area (Å²) in [4.78, 5) is 15.6. The average molecular weight is 530 g/mol. The van der Waals surface area contributed by atoms with Crippen LogP contribution in [0.4, 0.5) is 19.0 Å². The Morgan fingerprint density at radius 2 is 1.89 bits per heavy atom. The van der Waals surface area contributed by atoms with Crippen molar-refractivity contribution in [2.45, 2.75) is 38.2 Å². The van der Waals surface area contributed by atoms with E-state index < -0.39 is 17.6 Å². The van der Waals surface area contributed by atoms with Crippen molar-refractivity contribution < 1.29 is 36.4 Å². The fourth-order valence-electron chi connectivity index (χ4n) is 3.22. The van der Waals surface area contributed by atoms with Crippen molar-refractivity contribution in [2.75, 3.05) is 33.3 Å². The highest BCUT2D eigenvalue weighted by Crippen LogP contribution is 2.40. The molecular formula is C24H30F3N3O5S. The number of carbonyl (C=O) groups excluding carboxylic acids is 1. The number of nitrogens with one attached hydrogen (secondary N) is 2. The number of methoxy groups -OCH3 is 3. The first-order valence-corrected chi connectivity index (χ1v) is 11.9. The Morgan fingerprint density at radius 1 is 1.19 bits per heavy atom. The summed E-state index contributed by atoms with van der Waals surface area (Å²) < 4.78 is 58.3. The van der Waals surface area contributed by atoms with Crippen LogP contribution >= 0.6 is 12.0 Å². The average Bonchev–Trinajstić information content (AvgIpc) is 2.84. The predicted molar refractivity (Wildman–Crippen MR) is 132 cm³/mol. The molecule has 1 aromatic carbocycles. The standard InChI is InChI=1S/C21H22F3N3O4S.C3H8O/c1-29-15-7-6-13(16(9-15)30-2)10-26-20-18(19(25)12-4-3-5-12)17(8-14(11-28)27-20)31-32-21(22,23)24;1-3-4-2/h6-9,11-12,25H,3-5,10H2,1-2H3,(H,26,27);3H2,1-2H3. The number of pyridine rings is 1. The molecule has 0 radical (unpaired) electrons. The molecule has 1 aromatic heterocycles. The van der Waals surface area contributed by atoms with E-state index in [4.69, 9.17) is 19.1 Å². The Balaban J connectivity index is 0.00000106. The lowest BCUT2D eigenvalue weighted by Crippen LogP contribution is -2.24. The van der Waals surface area contributed by atoms with Crippen LogP contribution in [0.3, 0.4) is 0 Å². The monoisotopic (exact) mass is 529 g/mol. The van der Waals surface area contributed by atoms with Gasteiger partial charge in [0.25, 0.3) is 0 Å². The van der Waals surface area contributed by atoms with Gasteiger partial charge in [0.15, 0.2) is 24.1 Å². The molecule has 12 heteroatoms. The van der Waals surface area contributed by atoms with E-state index in [0.29, 0.717) is 17.8 Å². The quantitative estimate of drug-likeness (QED) is 0.211. The van der Waals surface area contributed by atoms with Crippen LogP contribution in [0.2, 0.25) is 0 Å². The molecule has 1 saturated carbocycles. The van der Waals surface area contributed by atoms with Crippen LogP contribution < -0.4 is 19.0 Å². The van der Waals surface area contributed by atoms with Crippen LogP contribution in [-0.4, -0.2) is 50.4 Å². The maximum absolute atomic E-state index is 12.8. The molecule has 1 aliphatic rings. The van der Waals surface area contributed by atoms with Gasteiger partial charge >= 0.3 is 5.51 Å². The number of benzene rings is 1. The van der Waals surface area contributed by atoms with E-state index in [1.165, 1.54) is 14.2 Å². The Kier molecular flexibility index (Phi) is 11.3. The molecule has 2 aromatic rings. The lowest BCUT2D eigenvalue weighted by atomic mass is 9.79. The lowest BCUT2D eigenvalue weighted by molar-refractivity contribution is -0.0369. The van der Waals surface area contributed by atoms with Crippen LogP contribution in [0.25, 0.3) is 0 Å². The van der Waals surface area contributed by atoms with Gasteiger partial charge in [-0.25, -0.2) is 4.98 Å². The second-order valence-corrected chi connectivity index (χ2v) is 8.45. The van der Waals surface area contributed by atoms with Crippen molar-refractivity contribution in [1.29, 1.82) is 5.41 Å². The molecular weight excluding hydrogens is 499 g/mol. The first-order valence-electron chi connectivity index (χ1n) is 11.1. The van der Waals surface area contributed by atoms with Gasteiger partial charge in [0.05, 0.1) is 19.8 Å². The molecule has 1 fully saturated rings. The van der Waals surface area contributed by atoms with Crippen molar-refractivity contribution in [3.8, 4) is 17.2 Å². The minimum absolute atomic E-state index is 0.0992. The minimum Gasteiger partial charge on any atom is -0.497 e. The van der Waals surface area contributed by atoms with Gasteiger partial charge in [-0.3, -0.25) is 4.79 Å². The number of aromatic nitrogens is 1. The number of hydrogen-bond donors (Lipinski definition) is 2. The number of hydrogen-bond acceptors (Lipinski definition) is 9. The van der Waals surface area contributed by atoms with Crippen LogP contribution in [0, 0.1) is 11.3 Å². The fraction of sp³-hybridized carbons (Fsp3) is 0.458. The second kappa shape index (κ2) is 13.9. The SMILES string of the molecule is CCOC.COc1ccc(CNc2nc(C=O)cc(OSC(F)(F)F)c2C(=N)C2CCC2)c(OC)c1. The van der Waals surface area contributed by atoms with E-state index in [0.717, 1.165) is 37.5 Å². The summed E-state index contributed by atoms with van der Waals surface area (Å²) in [6.07, 6.45) is 2.87. The van der Waals surface area contributed by atoms with Crippen molar-refractivity contribution in [1.82, 2.24) is 4.98 Å². The largest absolute Gasteiger partial charge is 0.497 e. The van der Waals surface area contributed by atoms with Crippen molar-refractivity contribution in [2.24, 2.45) is 5.92 Å². The Labute approximate surface area is 212 Å². The molecule has 1 heterocycles. The lowest BCUT2D eigenvalue weighted by Gasteiger charge is -2.28. The zero-order valence-electron chi connectivity index (χ0n) is 20.5. The molecule has 8 nitrogen and oxygen atoms in total. The van der Waals surface area contributed by atoms with Gasteiger partial charge in [0.1, 0.15) is 23.0 Å². The number of halogens is 3. The third kappa shape index (κ3) is 8.30. The van der Waals surface area contributed by atoms with Crippen LogP contribution in [0.1, 0.15) is 47.8 Å². The first kappa shape index (κ1) is 29.2. The number of alkyl halides is 3. The van der Waals surface area contributed by atoms with Gasteiger partial charge in [0.2, 0.25) is 0 Å². The minimum atomic E-state index is -4.65. The molecule has 36 heavy (non-hydrogen) atoms. The van der Waals surface area contributed by atoms with Gasteiger partial charge in [-0.1, -0.05) is 6.42 Å². The van der Waals surface area contributed by atoms with Crippen molar-refractivity contribution >= 4 is 29.9 Å². The van der Waals surface area contributed by atoms with E-state index in [9.17, 15) is 18.0 Å². The number of rotatable bonds is 11. The summed E-state index contributed by atoms with van der Waals surface area (Å²) in [6, 6.07) is 6.31. The Hall–Kier alpha value is -2.99. The predicted octanol–water partition coefficient (Wildman–Crippen LogP) is 5.89. The molecule has 2 N–H and O–H groups in total. The Bertz CT molecular complexity index is 1030. The van der Waals surface area contributed by atoms with Gasteiger partial charge < -0.3 is 29.1 Å². The normalized spacial score (nSPS) is 13.1. The molecule has 0 amide bonds. The molecule has 3 rings (SSSR count). The number of carbonyl (C=O) groups is 1. The smallest absolute Gasteiger partial charge is 0.479 e. The molecule has 0 atom stereocenters. The number of nitrogens with zero attached hydrogens (tertiary/aromatic N) is 1. The fourth-order valence-corrected chi connectivity index (χ4v) is 3.54. The molecule has 198 valence electrons. The summed E-state index contributed by atoms with van der Waals surface area (Å²) in [5.41, 5.74) is -3.80. The molecule has 1 aliphatic carbocycles. The van der Waals surface area contributed by atoms with Gasteiger partial charge in [0, 0.05) is 49.6 Å². The summed E-state index contributed by atoms with van der Waals surface area (Å²) in [6.45, 7) is 2.96. The number of ether oxygens (including phenoxy) is 3. The summed E-state index contributed by atoms with van der Waals surface area (Å²) in [5, 5.41) is 11.6. The number of aldehydes is 1. The second-order valence-electron chi connectivity index (χ2n) is 7.65.